The van der Waals surface area contributed by atoms with Gasteiger partial charge in [0.15, 0.2) is 5.82 Å². The van der Waals surface area contributed by atoms with E-state index in [0.717, 1.165) is 0 Å². The first-order valence-corrected chi connectivity index (χ1v) is 7.63. The summed E-state index contributed by atoms with van der Waals surface area (Å²) >= 11 is 6.50. The Kier molecular flexibility index (Phi) is 4.58. The fraction of sp³-hybridized carbons (Fsp3) is 0.583. The van der Waals surface area contributed by atoms with Crippen molar-refractivity contribution in [1.82, 2.24) is 9.97 Å². The monoisotopic (exact) mass is 391 g/mol. The van der Waals surface area contributed by atoms with Crippen molar-refractivity contribution in [3.63, 3.8) is 0 Å². The van der Waals surface area contributed by atoms with E-state index in [1.165, 1.54) is 0 Å². The van der Waals surface area contributed by atoms with Crippen LogP contribution in [0.4, 0.5) is 5.82 Å². The van der Waals surface area contributed by atoms with Gasteiger partial charge in [-0.2, -0.15) is 0 Å². The third-order valence-electron chi connectivity index (χ3n) is 3.49. The van der Waals surface area contributed by atoms with E-state index in [1.807, 2.05) is 20.8 Å². The van der Waals surface area contributed by atoms with Crippen molar-refractivity contribution in [3.05, 3.63) is 15.4 Å². The van der Waals surface area contributed by atoms with Gasteiger partial charge in [0.25, 0.3) is 0 Å². The number of amides is 1. The third-order valence-corrected chi connectivity index (χ3v) is 4.42. The van der Waals surface area contributed by atoms with Gasteiger partial charge in [0.2, 0.25) is 5.91 Å². The molecule has 1 aliphatic heterocycles. The van der Waals surface area contributed by atoms with Crippen LogP contribution in [0, 0.1) is 11.8 Å². The normalized spacial score (nSPS) is 30.4. The lowest BCUT2D eigenvalue weighted by Gasteiger charge is -2.17. The molecule has 0 aliphatic carbocycles. The van der Waals surface area contributed by atoms with Gasteiger partial charge in [-0.25, -0.2) is 9.97 Å². The van der Waals surface area contributed by atoms with E-state index in [1.54, 1.807) is 6.20 Å². The summed E-state index contributed by atoms with van der Waals surface area (Å²) in [6.07, 6.45) is 1.54. The van der Waals surface area contributed by atoms with Crippen molar-refractivity contribution in [2.45, 2.75) is 33.0 Å². The molecule has 1 fully saturated rings. The highest BCUT2D eigenvalue weighted by molar-refractivity contribution is 9.11. The zero-order chi connectivity index (χ0) is 14.2. The zero-order valence-corrected chi connectivity index (χ0v) is 14.0. The van der Waals surface area contributed by atoms with Crippen molar-refractivity contribution in [3.8, 4) is 0 Å². The van der Waals surface area contributed by atoms with Crippen LogP contribution < -0.4 is 5.32 Å². The average molecular weight is 393 g/mol. The Morgan fingerprint density at radius 2 is 2.00 bits per heavy atom. The quantitative estimate of drug-likeness (QED) is 0.840. The summed E-state index contributed by atoms with van der Waals surface area (Å²) in [7, 11) is 0. The number of hydrogen-bond donors (Lipinski definition) is 1. The highest BCUT2D eigenvalue weighted by Crippen LogP contribution is 2.33. The van der Waals surface area contributed by atoms with E-state index < -0.39 is 0 Å². The number of rotatable bonds is 2. The van der Waals surface area contributed by atoms with Gasteiger partial charge in [0.1, 0.15) is 9.21 Å². The predicted molar refractivity (Wildman–Crippen MR) is 78.7 cm³/mol. The maximum Gasteiger partial charge on any atom is 0.231 e. The number of aromatic nitrogens is 2. The molecule has 1 aromatic heterocycles. The van der Waals surface area contributed by atoms with Crippen LogP contribution in [-0.4, -0.2) is 28.1 Å². The standard InChI is InChI=1S/C12H15Br2N3O2/c1-5-6(2)19-7(3)9(5)12(18)17-11-10(14)16-8(13)4-15-11/h4-7,9H,1-3H3,(H,15,17,18). The van der Waals surface area contributed by atoms with E-state index in [9.17, 15) is 4.79 Å². The molecule has 4 atom stereocenters. The molecule has 4 unspecified atom stereocenters. The SMILES string of the molecule is CC1OC(C)C(C(=O)Nc2ncc(Br)nc2Br)C1C. The van der Waals surface area contributed by atoms with Crippen LogP contribution in [0.5, 0.6) is 0 Å². The minimum atomic E-state index is -0.174. The van der Waals surface area contributed by atoms with Crippen LogP contribution in [0.25, 0.3) is 0 Å². The summed E-state index contributed by atoms with van der Waals surface area (Å²) in [6.45, 7) is 5.94. The molecular weight excluding hydrogens is 378 g/mol. The zero-order valence-electron chi connectivity index (χ0n) is 10.9. The van der Waals surface area contributed by atoms with Crippen LogP contribution in [0.1, 0.15) is 20.8 Å². The van der Waals surface area contributed by atoms with Crippen molar-refractivity contribution in [2.24, 2.45) is 11.8 Å². The average Bonchev–Trinajstić information content (AvgIpc) is 2.57. The molecule has 0 bridgehead atoms. The van der Waals surface area contributed by atoms with Crippen LogP contribution >= 0.6 is 31.9 Å². The molecule has 1 amide bonds. The van der Waals surface area contributed by atoms with Gasteiger partial charge < -0.3 is 10.1 Å². The smallest absolute Gasteiger partial charge is 0.231 e. The molecule has 19 heavy (non-hydrogen) atoms. The summed E-state index contributed by atoms with van der Waals surface area (Å²) in [5.41, 5.74) is 0. The lowest BCUT2D eigenvalue weighted by atomic mass is 9.89. The topological polar surface area (TPSA) is 64.1 Å². The molecule has 1 N–H and O–H groups in total. The number of anilines is 1. The molecular formula is C12H15Br2N3O2. The third kappa shape index (κ3) is 3.14. The molecule has 5 nitrogen and oxygen atoms in total. The summed E-state index contributed by atoms with van der Waals surface area (Å²) in [5.74, 6) is 0.346. The molecule has 1 saturated heterocycles. The molecule has 1 aromatic rings. The number of carbonyl (C=O) groups excluding carboxylic acids is 1. The molecule has 0 saturated carbocycles. The number of ether oxygens (including phenoxy) is 1. The number of hydrogen-bond acceptors (Lipinski definition) is 4. The second-order valence-corrected chi connectivity index (χ2v) is 6.32. The van der Waals surface area contributed by atoms with Crippen LogP contribution in [-0.2, 0) is 9.53 Å². The summed E-state index contributed by atoms with van der Waals surface area (Å²) < 4.78 is 6.79. The van der Waals surface area contributed by atoms with Gasteiger partial charge in [-0.1, -0.05) is 6.92 Å². The molecule has 0 aromatic carbocycles. The van der Waals surface area contributed by atoms with Crippen molar-refractivity contribution >= 4 is 43.6 Å². The van der Waals surface area contributed by atoms with Crippen molar-refractivity contribution in [2.75, 3.05) is 5.32 Å². The lowest BCUT2D eigenvalue weighted by molar-refractivity contribution is -0.122. The summed E-state index contributed by atoms with van der Waals surface area (Å²) in [5, 5.41) is 2.80. The Labute approximate surface area is 128 Å². The van der Waals surface area contributed by atoms with Crippen molar-refractivity contribution < 1.29 is 9.53 Å². The van der Waals surface area contributed by atoms with Gasteiger partial charge in [-0.3, -0.25) is 4.79 Å². The highest BCUT2D eigenvalue weighted by atomic mass is 79.9. The second kappa shape index (κ2) is 5.85. The van der Waals surface area contributed by atoms with E-state index in [-0.39, 0.29) is 30.0 Å². The fourth-order valence-electron chi connectivity index (χ4n) is 2.35. The van der Waals surface area contributed by atoms with E-state index in [4.69, 9.17) is 4.74 Å². The van der Waals surface area contributed by atoms with Crippen molar-refractivity contribution in [1.29, 1.82) is 0 Å². The first-order valence-electron chi connectivity index (χ1n) is 6.04. The van der Waals surface area contributed by atoms with Gasteiger partial charge >= 0.3 is 0 Å². The Morgan fingerprint density at radius 3 is 2.53 bits per heavy atom. The molecule has 0 spiro atoms. The first-order chi connectivity index (χ1) is 8.90. The van der Waals surface area contributed by atoms with Crippen LogP contribution in [0.2, 0.25) is 0 Å². The first kappa shape index (κ1) is 14.9. The number of halogens is 2. The predicted octanol–water partition coefficient (Wildman–Crippen LogP) is 3.00. The number of nitrogens with zero attached hydrogens (tertiary/aromatic N) is 2. The summed E-state index contributed by atoms with van der Waals surface area (Å²) in [4.78, 5) is 20.6. The minimum absolute atomic E-state index is 0.0818. The van der Waals surface area contributed by atoms with Gasteiger partial charge in [-0.15, -0.1) is 0 Å². The number of nitrogens with one attached hydrogen (secondary N) is 1. The second-order valence-electron chi connectivity index (χ2n) is 4.75. The lowest BCUT2D eigenvalue weighted by Crippen LogP contribution is -2.32. The fourth-order valence-corrected chi connectivity index (χ4v) is 3.26. The molecule has 2 heterocycles. The Hall–Kier alpha value is -0.530. The van der Waals surface area contributed by atoms with E-state index in [2.05, 4.69) is 47.1 Å². The van der Waals surface area contributed by atoms with Gasteiger partial charge in [0.05, 0.1) is 24.3 Å². The molecule has 1 aliphatic rings. The maximum atomic E-state index is 12.3. The van der Waals surface area contributed by atoms with E-state index >= 15 is 0 Å². The van der Waals surface area contributed by atoms with Gasteiger partial charge in [-0.05, 0) is 51.6 Å². The Morgan fingerprint density at radius 1 is 1.32 bits per heavy atom. The Bertz CT molecular complexity index is 498. The largest absolute Gasteiger partial charge is 0.374 e. The van der Waals surface area contributed by atoms with Crippen LogP contribution in [0.3, 0.4) is 0 Å². The number of carbonyl (C=O) groups is 1. The minimum Gasteiger partial charge on any atom is -0.374 e. The van der Waals surface area contributed by atoms with Crippen LogP contribution in [0.15, 0.2) is 15.4 Å². The van der Waals surface area contributed by atoms with Gasteiger partial charge in [0, 0.05) is 0 Å². The molecule has 104 valence electrons. The highest BCUT2D eigenvalue weighted by Gasteiger charge is 2.41. The maximum absolute atomic E-state index is 12.3. The molecule has 0 radical (unpaired) electrons. The Balaban J connectivity index is 2.13. The summed E-state index contributed by atoms with van der Waals surface area (Å²) in [6, 6.07) is 0. The molecule has 7 heteroatoms. The molecule has 2 rings (SSSR count). The van der Waals surface area contributed by atoms with E-state index in [0.29, 0.717) is 15.0 Å².